The molecule has 1 aromatic carbocycles. The van der Waals surface area contributed by atoms with Gasteiger partial charge in [0.25, 0.3) is 0 Å². The molecule has 6 nitrogen and oxygen atoms in total. The van der Waals surface area contributed by atoms with E-state index in [1.54, 1.807) is 23.5 Å². The summed E-state index contributed by atoms with van der Waals surface area (Å²) in [4.78, 5) is 0. The monoisotopic (exact) mass is 352 g/mol. The average molecular weight is 352 g/mol. The molecule has 1 aliphatic rings. The van der Waals surface area contributed by atoms with Gasteiger partial charge in [0.15, 0.2) is 0 Å². The minimum Gasteiger partial charge on any atom is -0.462 e. The van der Waals surface area contributed by atoms with Crippen molar-refractivity contribution in [1.82, 2.24) is 0 Å². The second-order valence-corrected chi connectivity index (χ2v) is 6.51. The van der Waals surface area contributed by atoms with Crippen LogP contribution < -0.4 is 4.74 Å². The Bertz CT molecular complexity index is 644. The molecule has 0 spiro atoms. The first kappa shape index (κ1) is 17.3. The Hall–Kier alpha value is -1.48. The second kappa shape index (κ2) is 7.60. The summed E-state index contributed by atoms with van der Waals surface area (Å²) in [6.07, 6.45) is -5.77. The van der Waals surface area contributed by atoms with Crippen LogP contribution in [0.25, 0.3) is 0 Å². The summed E-state index contributed by atoms with van der Waals surface area (Å²) < 4.78 is 11.1. The fourth-order valence-electron chi connectivity index (χ4n) is 2.67. The molecule has 0 aliphatic carbocycles. The van der Waals surface area contributed by atoms with Crippen molar-refractivity contribution in [2.24, 2.45) is 0 Å². The molecule has 0 bridgehead atoms. The lowest BCUT2D eigenvalue weighted by molar-refractivity contribution is -0.277. The van der Waals surface area contributed by atoms with E-state index in [1.807, 2.05) is 29.0 Å². The number of benzene rings is 1. The van der Waals surface area contributed by atoms with E-state index in [-0.39, 0.29) is 0 Å². The summed E-state index contributed by atoms with van der Waals surface area (Å²) in [7, 11) is 0. The summed E-state index contributed by atoms with van der Waals surface area (Å²) in [5.41, 5.74) is 2.05. The molecule has 0 amide bonds. The van der Waals surface area contributed by atoms with Gasteiger partial charge in [-0.1, -0.05) is 18.2 Å². The molecule has 3 rings (SSSR count). The molecular weight excluding hydrogens is 332 g/mol. The van der Waals surface area contributed by atoms with E-state index in [4.69, 9.17) is 9.47 Å². The van der Waals surface area contributed by atoms with E-state index < -0.39 is 37.3 Å². The highest BCUT2D eigenvalue weighted by atomic mass is 32.1. The number of aliphatic hydroxyl groups excluding tert-OH is 4. The van der Waals surface area contributed by atoms with Gasteiger partial charge in [-0.25, -0.2) is 0 Å². The van der Waals surface area contributed by atoms with Gasteiger partial charge in [-0.2, -0.15) is 11.3 Å². The molecule has 2 heterocycles. The first-order valence-electron chi connectivity index (χ1n) is 7.66. The van der Waals surface area contributed by atoms with Crippen LogP contribution in [0.3, 0.4) is 0 Å². The van der Waals surface area contributed by atoms with Crippen molar-refractivity contribution in [2.75, 3.05) is 6.61 Å². The first-order valence-corrected chi connectivity index (χ1v) is 8.60. The molecule has 1 fully saturated rings. The largest absolute Gasteiger partial charge is 0.462 e. The van der Waals surface area contributed by atoms with Crippen LogP contribution in [0.4, 0.5) is 0 Å². The highest BCUT2D eigenvalue weighted by Crippen LogP contribution is 2.28. The van der Waals surface area contributed by atoms with Crippen LogP contribution in [-0.4, -0.2) is 57.7 Å². The number of thiophene rings is 1. The predicted octanol–water partition coefficient (Wildman–Crippen LogP) is 0.518. The van der Waals surface area contributed by atoms with Crippen LogP contribution in [-0.2, 0) is 11.2 Å². The zero-order chi connectivity index (χ0) is 17.1. The molecule has 5 atom stereocenters. The first-order chi connectivity index (χ1) is 11.6. The van der Waals surface area contributed by atoms with Crippen molar-refractivity contribution < 1.29 is 29.9 Å². The number of ether oxygens (including phenoxy) is 2. The number of hydrogen-bond donors (Lipinski definition) is 4. The Kier molecular flexibility index (Phi) is 5.50. The van der Waals surface area contributed by atoms with Crippen LogP contribution in [0.1, 0.15) is 11.1 Å². The van der Waals surface area contributed by atoms with Gasteiger partial charge in [0.2, 0.25) is 6.29 Å². The standard InChI is InChI=1S/C17H20O6S/c18-8-13-14(19)15(20)16(21)17(23-13)22-12-4-2-1-3-11(12)7-10-5-6-24-9-10/h1-6,9,13-21H,7-8H2/t13-,14-,15+,16-,17-/m1/s1. The van der Waals surface area contributed by atoms with Crippen molar-refractivity contribution in [3.05, 3.63) is 52.2 Å². The SMILES string of the molecule is OC[C@H]1O[C@@H](Oc2ccccc2Cc2ccsc2)[C@H](O)[C@@H](O)[C@@H]1O. The minimum atomic E-state index is -1.45. The summed E-state index contributed by atoms with van der Waals surface area (Å²) >= 11 is 1.61. The van der Waals surface area contributed by atoms with Crippen molar-refractivity contribution >= 4 is 11.3 Å². The smallest absolute Gasteiger partial charge is 0.229 e. The predicted molar refractivity (Wildman–Crippen MR) is 88.0 cm³/mol. The van der Waals surface area contributed by atoms with E-state index >= 15 is 0 Å². The molecule has 0 unspecified atom stereocenters. The van der Waals surface area contributed by atoms with Gasteiger partial charge < -0.3 is 29.9 Å². The average Bonchev–Trinajstić information content (AvgIpc) is 3.10. The van der Waals surface area contributed by atoms with E-state index in [9.17, 15) is 20.4 Å². The number of hydrogen-bond acceptors (Lipinski definition) is 7. The Balaban J connectivity index is 1.78. The van der Waals surface area contributed by atoms with Crippen LogP contribution in [0.15, 0.2) is 41.1 Å². The third-order valence-electron chi connectivity index (χ3n) is 4.04. The van der Waals surface area contributed by atoms with E-state index in [0.29, 0.717) is 12.2 Å². The number of aliphatic hydroxyl groups is 4. The van der Waals surface area contributed by atoms with E-state index in [1.165, 1.54) is 0 Å². The second-order valence-electron chi connectivity index (χ2n) is 5.73. The lowest BCUT2D eigenvalue weighted by atomic mass is 9.99. The zero-order valence-corrected chi connectivity index (χ0v) is 13.7. The molecule has 0 radical (unpaired) electrons. The van der Waals surface area contributed by atoms with Crippen LogP contribution >= 0.6 is 11.3 Å². The minimum absolute atomic E-state index is 0.485. The lowest BCUT2D eigenvalue weighted by Crippen LogP contribution is -2.60. The van der Waals surface area contributed by atoms with Gasteiger partial charge in [0.1, 0.15) is 30.2 Å². The van der Waals surface area contributed by atoms with Gasteiger partial charge in [0.05, 0.1) is 6.61 Å². The summed E-state index contributed by atoms with van der Waals surface area (Å²) in [5.74, 6) is 0.521. The quantitative estimate of drug-likeness (QED) is 0.626. The van der Waals surface area contributed by atoms with Gasteiger partial charge in [-0.15, -0.1) is 0 Å². The maximum atomic E-state index is 10.1. The third kappa shape index (κ3) is 3.61. The molecule has 1 aliphatic heterocycles. The Labute approximate surface area is 143 Å². The lowest BCUT2D eigenvalue weighted by Gasteiger charge is -2.39. The fourth-order valence-corrected chi connectivity index (χ4v) is 3.34. The van der Waals surface area contributed by atoms with Crippen molar-refractivity contribution in [1.29, 1.82) is 0 Å². The molecule has 1 saturated heterocycles. The normalized spacial score (nSPS) is 30.2. The molecule has 1 aromatic heterocycles. The highest BCUT2D eigenvalue weighted by molar-refractivity contribution is 7.07. The van der Waals surface area contributed by atoms with Crippen molar-refractivity contribution in [2.45, 2.75) is 37.1 Å². The van der Waals surface area contributed by atoms with Gasteiger partial charge >= 0.3 is 0 Å². The molecule has 2 aromatic rings. The topological polar surface area (TPSA) is 99.4 Å². The fraction of sp³-hybridized carbons (Fsp3) is 0.412. The molecule has 0 saturated carbocycles. The van der Waals surface area contributed by atoms with Crippen molar-refractivity contribution in [3.63, 3.8) is 0 Å². The van der Waals surface area contributed by atoms with Gasteiger partial charge in [0, 0.05) is 6.42 Å². The van der Waals surface area contributed by atoms with Gasteiger partial charge in [-0.05, 0) is 34.0 Å². The highest BCUT2D eigenvalue weighted by Gasteiger charge is 2.44. The van der Waals surface area contributed by atoms with Gasteiger partial charge in [-0.3, -0.25) is 0 Å². The van der Waals surface area contributed by atoms with E-state index in [2.05, 4.69) is 0 Å². The summed E-state index contributed by atoms with van der Waals surface area (Å²) in [5, 5.41) is 43.0. The molecule has 7 heteroatoms. The Morgan fingerprint density at radius 2 is 1.83 bits per heavy atom. The third-order valence-corrected chi connectivity index (χ3v) is 4.77. The van der Waals surface area contributed by atoms with Crippen LogP contribution in [0.2, 0.25) is 0 Å². The number of para-hydroxylation sites is 1. The van der Waals surface area contributed by atoms with E-state index in [0.717, 1.165) is 11.1 Å². The Morgan fingerprint density at radius 1 is 1.04 bits per heavy atom. The summed E-state index contributed by atoms with van der Waals surface area (Å²) in [6.45, 7) is -0.485. The summed E-state index contributed by atoms with van der Waals surface area (Å²) in [6, 6.07) is 9.38. The molecule has 24 heavy (non-hydrogen) atoms. The maximum Gasteiger partial charge on any atom is 0.229 e. The zero-order valence-electron chi connectivity index (χ0n) is 12.9. The maximum absolute atomic E-state index is 10.1. The van der Waals surface area contributed by atoms with Crippen LogP contribution in [0, 0.1) is 0 Å². The molecular formula is C17H20O6S. The number of rotatable bonds is 5. The van der Waals surface area contributed by atoms with Crippen molar-refractivity contribution in [3.8, 4) is 5.75 Å². The van der Waals surface area contributed by atoms with Crippen LogP contribution in [0.5, 0.6) is 5.75 Å². The molecule has 130 valence electrons. The Morgan fingerprint density at radius 3 is 2.54 bits per heavy atom. The molecule has 4 N–H and O–H groups in total.